The van der Waals surface area contributed by atoms with Crippen LogP contribution in [-0.4, -0.2) is 42.9 Å². The molecule has 0 aliphatic heterocycles. The molecule has 3 rings (SSSR count). The fourth-order valence-corrected chi connectivity index (χ4v) is 3.19. The van der Waals surface area contributed by atoms with Crippen molar-refractivity contribution in [2.75, 3.05) is 0 Å². The van der Waals surface area contributed by atoms with Crippen molar-refractivity contribution >= 4 is 17.6 Å². The van der Waals surface area contributed by atoms with E-state index in [-0.39, 0.29) is 11.4 Å². The van der Waals surface area contributed by atoms with Crippen molar-refractivity contribution in [3.8, 4) is 5.69 Å². The maximum Gasteiger partial charge on any atom is 0.308 e. The summed E-state index contributed by atoms with van der Waals surface area (Å²) in [5, 5.41) is 30.6. The van der Waals surface area contributed by atoms with Gasteiger partial charge >= 0.3 is 5.97 Å². The minimum atomic E-state index is -0.926. The number of hydrogen-bond donors (Lipinski definition) is 2. The number of carboxylic acids is 1. The van der Waals surface area contributed by atoms with Crippen molar-refractivity contribution in [2.24, 2.45) is 5.92 Å². The lowest BCUT2D eigenvalue weighted by atomic mass is 10.0. The smallest absolute Gasteiger partial charge is 0.308 e. The number of nitro groups is 1. The minimum absolute atomic E-state index is 0.0625. The number of nitro benzene ring substituents is 1. The second-order valence-electron chi connectivity index (χ2n) is 6.17. The molecule has 136 valence electrons. The van der Waals surface area contributed by atoms with Crippen LogP contribution >= 0.6 is 0 Å². The van der Waals surface area contributed by atoms with Crippen molar-refractivity contribution in [3.63, 3.8) is 0 Å². The summed E-state index contributed by atoms with van der Waals surface area (Å²) in [6.45, 7) is 1.62. The Bertz CT molecular complexity index is 878. The Morgan fingerprint density at radius 3 is 2.85 bits per heavy atom. The Hall–Kier alpha value is -3.30. The molecule has 1 aromatic heterocycles. The highest BCUT2D eigenvalue weighted by atomic mass is 16.6. The van der Waals surface area contributed by atoms with Crippen molar-refractivity contribution in [3.05, 3.63) is 45.8 Å². The highest BCUT2D eigenvalue weighted by molar-refractivity contribution is 5.93. The average Bonchev–Trinajstić information content (AvgIpc) is 3.21. The van der Waals surface area contributed by atoms with Crippen LogP contribution in [0.2, 0.25) is 0 Å². The Morgan fingerprint density at radius 2 is 2.15 bits per heavy atom. The molecule has 2 atom stereocenters. The van der Waals surface area contributed by atoms with Gasteiger partial charge in [-0.1, -0.05) is 17.7 Å². The number of aromatic nitrogens is 3. The first kappa shape index (κ1) is 17.5. The van der Waals surface area contributed by atoms with Crippen LogP contribution in [0.1, 0.15) is 35.4 Å². The molecule has 0 bridgehead atoms. The molecule has 1 heterocycles. The predicted octanol–water partition coefficient (Wildman–Crippen LogP) is 1.47. The topological polar surface area (TPSA) is 140 Å². The molecule has 1 fully saturated rings. The summed E-state index contributed by atoms with van der Waals surface area (Å²) >= 11 is 0. The number of nitrogens with one attached hydrogen (secondary N) is 1. The van der Waals surface area contributed by atoms with Gasteiger partial charge in [0.1, 0.15) is 0 Å². The summed E-state index contributed by atoms with van der Waals surface area (Å²) in [7, 11) is 0. The largest absolute Gasteiger partial charge is 0.481 e. The fraction of sp³-hybridized carbons (Fsp3) is 0.375. The van der Waals surface area contributed by atoms with E-state index in [2.05, 4.69) is 15.6 Å². The zero-order valence-corrected chi connectivity index (χ0v) is 14.0. The van der Waals surface area contributed by atoms with E-state index in [0.717, 1.165) is 6.42 Å². The molecule has 1 aliphatic rings. The molecule has 10 heteroatoms. The van der Waals surface area contributed by atoms with Gasteiger partial charge in [-0.15, -0.1) is 5.10 Å². The van der Waals surface area contributed by atoms with E-state index in [4.69, 9.17) is 0 Å². The van der Waals surface area contributed by atoms with Crippen LogP contribution in [0.15, 0.2) is 24.3 Å². The molecule has 2 aromatic rings. The van der Waals surface area contributed by atoms with Gasteiger partial charge in [0, 0.05) is 18.2 Å². The summed E-state index contributed by atoms with van der Waals surface area (Å²) in [6.07, 6.45) is 1.86. The third-order valence-electron chi connectivity index (χ3n) is 4.54. The molecule has 1 aliphatic carbocycles. The first-order chi connectivity index (χ1) is 12.4. The number of non-ortho nitro benzene ring substituents is 1. The number of hydrogen-bond acceptors (Lipinski definition) is 6. The maximum atomic E-state index is 12.5. The van der Waals surface area contributed by atoms with E-state index in [1.54, 1.807) is 13.0 Å². The first-order valence-electron chi connectivity index (χ1n) is 8.09. The van der Waals surface area contributed by atoms with Crippen molar-refractivity contribution in [1.29, 1.82) is 0 Å². The zero-order valence-electron chi connectivity index (χ0n) is 14.0. The molecule has 1 amide bonds. The second-order valence-corrected chi connectivity index (χ2v) is 6.17. The fourth-order valence-electron chi connectivity index (χ4n) is 3.19. The molecule has 0 saturated heterocycles. The van der Waals surface area contributed by atoms with Gasteiger partial charge in [0.15, 0.2) is 5.69 Å². The van der Waals surface area contributed by atoms with Crippen molar-refractivity contribution in [1.82, 2.24) is 20.3 Å². The van der Waals surface area contributed by atoms with Gasteiger partial charge in [0.25, 0.3) is 11.6 Å². The van der Waals surface area contributed by atoms with Crippen LogP contribution in [-0.2, 0) is 4.79 Å². The number of carbonyl (C=O) groups excluding carboxylic acids is 1. The lowest BCUT2D eigenvalue weighted by molar-refractivity contribution is -0.384. The summed E-state index contributed by atoms with van der Waals surface area (Å²) in [6, 6.07) is 5.39. The van der Waals surface area contributed by atoms with Gasteiger partial charge in [-0.3, -0.25) is 19.7 Å². The van der Waals surface area contributed by atoms with Crippen molar-refractivity contribution < 1.29 is 19.6 Å². The number of carbonyl (C=O) groups is 2. The molecule has 0 radical (unpaired) electrons. The Morgan fingerprint density at radius 1 is 1.38 bits per heavy atom. The molecule has 26 heavy (non-hydrogen) atoms. The van der Waals surface area contributed by atoms with Crippen molar-refractivity contribution in [2.45, 2.75) is 32.2 Å². The maximum absolute atomic E-state index is 12.5. The number of benzene rings is 1. The molecule has 0 spiro atoms. The van der Waals surface area contributed by atoms with E-state index in [1.807, 2.05) is 0 Å². The normalized spacial score (nSPS) is 19.3. The van der Waals surface area contributed by atoms with Crippen LogP contribution < -0.4 is 5.32 Å². The van der Waals surface area contributed by atoms with Crippen LogP contribution in [0.5, 0.6) is 0 Å². The Labute approximate surface area is 148 Å². The first-order valence-corrected chi connectivity index (χ1v) is 8.09. The second kappa shape index (κ2) is 6.90. The van der Waals surface area contributed by atoms with Crippen LogP contribution in [0.25, 0.3) is 5.69 Å². The average molecular weight is 359 g/mol. The SMILES string of the molecule is Cc1c(C(=O)N[C@@H]2CCC[C@@H]2C(=O)O)nnn1-c1cccc([N+](=O)[O-])c1. The monoisotopic (exact) mass is 359 g/mol. The summed E-state index contributed by atoms with van der Waals surface area (Å²) in [4.78, 5) is 34.1. The summed E-state index contributed by atoms with van der Waals surface area (Å²) < 4.78 is 1.34. The number of nitrogens with zero attached hydrogens (tertiary/aromatic N) is 4. The minimum Gasteiger partial charge on any atom is -0.481 e. The summed E-state index contributed by atoms with van der Waals surface area (Å²) in [5.41, 5.74) is 0.784. The zero-order chi connectivity index (χ0) is 18.8. The Balaban J connectivity index is 1.83. The Kier molecular flexibility index (Phi) is 4.65. The van der Waals surface area contributed by atoms with Gasteiger partial charge in [0.2, 0.25) is 0 Å². The number of carboxylic acid groups (broad SMARTS) is 1. The summed E-state index contributed by atoms with van der Waals surface area (Å²) in [5.74, 6) is -2.03. The van der Waals surface area contributed by atoms with Crippen LogP contribution in [0.4, 0.5) is 5.69 Å². The van der Waals surface area contributed by atoms with Gasteiger partial charge < -0.3 is 10.4 Å². The van der Waals surface area contributed by atoms with E-state index < -0.39 is 28.8 Å². The lowest BCUT2D eigenvalue weighted by Crippen LogP contribution is -2.40. The molecule has 0 unspecified atom stereocenters. The third kappa shape index (κ3) is 3.25. The predicted molar refractivity (Wildman–Crippen MR) is 89.0 cm³/mol. The van der Waals surface area contributed by atoms with E-state index in [0.29, 0.717) is 24.2 Å². The van der Waals surface area contributed by atoms with E-state index in [9.17, 15) is 24.8 Å². The molecule has 2 N–H and O–H groups in total. The molecular weight excluding hydrogens is 342 g/mol. The van der Waals surface area contributed by atoms with Gasteiger partial charge in [-0.25, -0.2) is 4.68 Å². The lowest BCUT2D eigenvalue weighted by Gasteiger charge is -2.16. The standard InChI is InChI=1S/C16H17N5O5/c1-9-14(15(22)17-13-7-3-6-12(13)16(23)24)18-19-20(9)10-4-2-5-11(8-10)21(25)26/h2,4-5,8,12-13H,3,6-7H2,1H3,(H,17,22)(H,23,24)/t12-,13+/m0/s1. The third-order valence-corrected chi connectivity index (χ3v) is 4.54. The molecule has 10 nitrogen and oxygen atoms in total. The van der Waals surface area contributed by atoms with E-state index in [1.165, 1.54) is 22.9 Å². The molecule has 1 saturated carbocycles. The van der Waals surface area contributed by atoms with Crippen LogP contribution in [0.3, 0.4) is 0 Å². The highest BCUT2D eigenvalue weighted by Gasteiger charge is 2.34. The number of amides is 1. The van der Waals surface area contributed by atoms with E-state index >= 15 is 0 Å². The van der Waals surface area contributed by atoms with Gasteiger partial charge in [-0.05, 0) is 25.8 Å². The van der Waals surface area contributed by atoms with Crippen LogP contribution in [0, 0.1) is 23.0 Å². The van der Waals surface area contributed by atoms with Gasteiger partial charge in [0.05, 0.1) is 22.2 Å². The number of rotatable bonds is 5. The molecular formula is C16H17N5O5. The quantitative estimate of drug-likeness (QED) is 0.608. The number of aliphatic carboxylic acids is 1. The molecule has 1 aromatic carbocycles. The highest BCUT2D eigenvalue weighted by Crippen LogP contribution is 2.26. The van der Waals surface area contributed by atoms with Gasteiger partial charge in [-0.2, -0.15) is 0 Å².